The highest BCUT2D eigenvalue weighted by molar-refractivity contribution is 7.89. The Morgan fingerprint density at radius 2 is 1.79 bits per heavy atom. The zero-order valence-corrected chi connectivity index (χ0v) is 22.0. The van der Waals surface area contributed by atoms with Gasteiger partial charge in [-0.2, -0.15) is 9.29 Å². The Morgan fingerprint density at radius 3 is 2.45 bits per heavy atom. The zero-order chi connectivity index (χ0) is 27.1. The molecule has 5 rings (SSSR count). The molecular weight excluding hydrogens is 514 g/mol. The molecule has 0 amide bonds. The third kappa shape index (κ3) is 5.48. The fraction of sp³-hybridized carbons (Fsp3) is 0.385. The highest BCUT2D eigenvalue weighted by atomic mass is 32.2. The van der Waals surface area contributed by atoms with Crippen molar-refractivity contribution in [1.29, 1.82) is 0 Å². The lowest BCUT2D eigenvalue weighted by Crippen LogP contribution is -2.67. The van der Waals surface area contributed by atoms with Gasteiger partial charge in [0.25, 0.3) is 0 Å². The van der Waals surface area contributed by atoms with Crippen LogP contribution in [0.15, 0.2) is 53.6 Å². The minimum Gasteiger partial charge on any atom is -0.386 e. The van der Waals surface area contributed by atoms with Gasteiger partial charge in [-0.25, -0.2) is 22.2 Å². The molecule has 1 aromatic heterocycles. The third-order valence-electron chi connectivity index (χ3n) is 7.04. The maximum Gasteiger partial charge on any atom is 0.243 e. The van der Waals surface area contributed by atoms with E-state index >= 15 is 0 Å². The van der Waals surface area contributed by atoms with E-state index in [0.29, 0.717) is 29.5 Å². The summed E-state index contributed by atoms with van der Waals surface area (Å²) in [4.78, 5) is 10.4. The minimum absolute atomic E-state index is 0.0608. The number of hydrogen-bond donors (Lipinski definition) is 3. The van der Waals surface area contributed by atoms with Gasteiger partial charge in [0.15, 0.2) is 11.6 Å². The SMILES string of the molecule is Cc1cc(Nc2nc(Nc3ccc(S(=O)(=O)N4CC(O)(CN5CCCC5C)C4)cc3)ncc2F)ccc1F. The second-order valence-electron chi connectivity index (χ2n) is 10.1. The molecule has 12 heteroatoms. The van der Waals surface area contributed by atoms with Gasteiger partial charge in [0, 0.05) is 37.1 Å². The quantitative estimate of drug-likeness (QED) is 0.393. The third-order valence-corrected chi connectivity index (χ3v) is 8.85. The summed E-state index contributed by atoms with van der Waals surface area (Å²) in [5, 5.41) is 16.6. The van der Waals surface area contributed by atoms with Crippen LogP contribution in [0.5, 0.6) is 0 Å². The van der Waals surface area contributed by atoms with E-state index in [2.05, 4.69) is 32.4 Å². The number of rotatable bonds is 8. The molecule has 2 aliphatic heterocycles. The molecule has 9 nitrogen and oxygen atoms in total. The zero-order valence-electron chi connectivity index (χ0n) is 21.2. The molecule has 2 aromatic carbocycles. The molecule has 1 atom stereocenters. The second kappa shape index (κ2) is 10.2. The van der Waals surface area contributed by atoms with Crippen molar-refractivity contribution in [1.82, 2.24) is 19.2 Å². The Bertz CT molecular complexity index is 1430. The topological polar surface area (TPSA) is 111 Å². The van der Waals surface area contributed by atoms with Crippen molar-refractivity contribution in [3.63, 3.8) is 0 Å². The monoisotopic (exact) mass is 544 g/mol. The highest BCUT2D eigenvalue weighted by Crippen LogP contribution is 2.31. The van der Waals surface area contributed by atoms with Crippen LogP contribution in [-0.4, -0.2) is 70.5 Å². The van der Waals surface area contributed by atoms with E-state index in [9.17, 15) is 22.3 Å². The van der Waals surface area contributed by atoms with Crippen molar-refractivity contribution in [2.75, 3.05) is 36.8 Å². The number of nitrogens with zero attached hydrogens (tertiary/aromatic N) is 4. The summed E-state index contributed by atoms with van der Waals surface area (Å²) in [5.41, 5.74) is 0.338. The number of sulfonamides is 1. The number of likely N-dealkylation sites (tertiary alicyclic amines) is 1. The first-order valence-electron chi connectivity index (χ1n) is 12.4. The summed E-state index contributed by atoms with van der Waals surface area (Å²) in [6.07, 6.45) is 3.18. The van der Waals surface area contributed by atoms with Gasteiger partial charge >= 0.3 is 0 Å². The van der Waals surface area contributed by atoms with Crippen molar-refractivity contribution in [3.8, 4) is 0 Å². The van der Waals surface area contributed by atoms with Crippen LogP contribution in [0.4, 0.5) is 31.9 Å². The summed E-state index contributed by atoms with van der Waals surface area (Å²) in [6.45, 7) is 5.24. The molecule has 2 aliphatic rings. The first-order chi connectivity index (χ1) is 18.0. The van der Waals surface area contributed by atoms with Crippen LogP contribution in [0.25, 0.3) is 0 Å². The number of β-amino-alcohol motifs (C(OH)–C–C–N with tert-alkyl or cyclic N) is 1. The summed E-state index contributed by atoms with van der Waals surface area (Å²) in [6, 6.07) is 10.7. The number of aromatic nitrogens is 2. The van der Waals surface area contributed by atoms with Crippen LogP contribution in [0.2, 0.25) is 0 Å². The van der Waals surface area contributed by atoms with E-state index in [1.54, 1.807) is 19.1 Å². The Labute approximate surface area is 220 Å². The molecule has 202 valence electrons. The summed E-state index contributed by atoms with van der Waals surface area (Å²) in [5.74, 6) is -1.06. The Morgan fingerprint density at radius 1 is 1.08 bits per heavy atom. The number of anilines is 4. The molecule has 0 spiro atoms. The van der Waals surface area contributed by atoms with Crippen molar-refractivity contribution in [3.05, 3.63) is 65.9 Å². The van der Waals surface area contributed by atoms with Crippen molar-refractivity contribution in [2.24, 2.45) is 0 Å². The van der Waals surface area contributed by atoms with Crippen LogP contribution in [-0.2, 0) is 10.0 Å². The summed E-state index contributed by atoms with van der Waals surface area (Å²) < 4.78 is 55.2. The number of nitrogens with one attached hydrogen (secondary N) is 2. The van der Waals surface area contributed by atoms with Crippen LogP contribution in [0.3, 0.4) is 0 Å². The van der Waals surface area contributed by atoms with Crippen LogP contribution < -0.4 is 10.6 Å². The van der Waals surface area contributed by atoms with Crippen LogP contribution in [0, 0.1) is 18.6 Å². The maximum absolute atomic E-state index is 14.3. The van der Waals surface area contributed by atoms with Gasteiger partial charge in [-0.05, 0) is 81.3 Å². The predicted octanol–water partition coefficient (Wildman–Crippen LogP) is 3.77. The average Bonchev–Trinajstić information content (AvgIpc) is 3.26. The predicted molar refractivity (Wildman–Crippen MR) is 140 cm³/mol. The van der Waals surface area contributed by atoms with E-state index in [0.717, 1.165) is 25.6 Å². The smallest absolute Gasteiger partial charge is 0.243 e. The molecule has 0 radical (unpaired) electrons. The molecule has 2 fully saturated rings. The second-order valence-corrected chi connectivity index (χ2v) is 12.0. The van der Waals surface area contributed by atoms with E-state index in [4.69, 9.17) is 0 Å². The van der Waals surface area contributed by atoms with Crippen molar-refractivity contribution < 1.29 is 22.3 Å². The normalized spacial score (nSPS) is 19.8. The molecule has 1 unspecified atom stereocenters. The molecule has 0 saturated carbocycles. The molecule has 3 N–H and O–H groups in total. The Balaban J connectivity index is 1.23. The lowest BCUT2D eigenvalue weighted by Gasteiger charge is -2.47. The average molecular weight is 545 g/mol. The lowest BCUT2D eigenvalue weighted by molar-refractivity contribution is -0.0810. The highest BCUT2D eigenvalue weighted by Gasteiger charge is 2.48. The van der Waals surface area contributed by atoms with Crippen molar-refractivity contribution in [2.45, 2.75) is 43.2 Å². The number of halogens is 2. The van der Waals surface area contributed by atoms with Gasteiger partial charge in [0.2, 0.25) is 16.0 Å². The fourth-order valence-electron chi connectivity index (χ4n) is 4.85. The number of aryl methyl sites for hydroxylation is 1. The van der Waals surface area contributed by atoms with Gasteiger partial charge in [-0.15, -0.1) is 0 Å². The number of benzene rings is 2. The molecular formula is C26H30F2N6O3S. The van der Waals surface area contributed by atoms with Gasteiger partial charge in [-0.3, -0.25) is 4.90 Å². The number of aliphatic hydroxyl groups is 1. The Kier molecular flexibility index (Phi) is 7.07. The summed E-state index contributed by atoms with van der Waals surface area (Å²) >= 11 is 0. The molecule has 0 bridgehead atoms. The fourth-order valence-corrected chi connectivity index (χ4v) is 6.45. The van der Waals surface area contributed by atoms with Gasteiger partial charge in [-0.1, -0.05) is 0 Å². The lowest BCUT2D eigenvalue weighted by atomic mass is 9.96. The molecule has 3 heterocycles. The Hall–Kier alpha value is -3.19. The van der Waals surface area contributed by atoms with Gasteiger partial charge in [0.1, 0.15) is 11.4 Å². The van der Waals surface area contributed by atoms with E-state index in [-0.39, 0.29) is 35.6 Å². The first-order valence-corrected chi connectivity index (χ1v) is 13.9. The molecule has 2 saturated heterocycles. The molecule has 0 aliphatic carbocycles. The van der Waals surface area contributed by atoms with Crippen molar-refractivity contribution >= 4 is 33.2 Å². The minimum atomic E-state index is -3.75. The largest absolute Gasteiger partial charge is 0.386 e. The molecule has 3 aromatic rings. The van der Waals surface area contributed by atoms with E-state index in [1.165, 1.54) is 34.6 Å². The van der Waals surface area contributed by atoms with E-state index < -0.39 is 21.4 Å². The number of hydrogen-bond acceptors (Lipinski definition) is 8. The molecule has 38 heavy (non-hydrogen) atoms. The van der Waals surface area contributed by atoms with Crippen LogP contribution in [0.1, 0.15) is 25.3 Å². The van der Waals surface area contributed by atoms with E-state index in [1.807, 2.05) is 0 Å². The standard InChI is InChI=1S/C26H30F2N6O3S/c1-17-12-20(7-10-22(17)27)30-24-23(28)13-29-25(32-24)31-19-5-8-21(9-6-19)38(36,37)34-15-26(35,16-34)14-33-11-3-4-18(33)2/h5-10,12-13,18,35H,3-4,11,14-16H2,1-2H3,(H2,29,30,31,32). The first kappa shape index (κ1) is 26.4. The maximum atomic E-state index is 14.3. The summed E-state index contributed by atoms with van der Waals surface area (Å²) in [7, 11) is -3.75. The van der Waals surface area contributed by atoms with Gasteiger partial charge < -0.3 is 15.7 Å². The van der Waals surface area contributed by atoms with Gasteiger partial charge in [0.05, 0.1) is 11.1 Å². The van der Waals surface area contributed by atoms with Crippen LogP contribution >= 0.6 is 0 Å².